The lowest BCUT2D eigenvalue weighted by atomic mass is 10.0. The summed E-state index contributed by atoms with van der Waals surface area (Å²) in [6.07, 6.45) is 0.0163. The Morgan fingerprint density at radius 1 is 0.857 bits per heavy atom. The summed E-state index contributed by atoms with van der Waals surface area (Å²) in [5.74, 6) is -1.11. The van der Waals surface area contributed by atoms with Crippen LogP contribution in [-0.4, -0.2) is 24.3 Å². The molecule has 0 fully saturated rings. The zero-order valence-corrected chi connectivity index (χ0v) is 15.9. The van der Waals surface area contributed by atoms with Crippen molar-refractivity contribution < 1.29 is 19.1 Å². The van der Waals surface area contributed by atoms with E-state index in [2.05, 4.69) is 5.32 Å². The maximum Gasteiger partial charge on any atom is 0.306 e. The summed E-state index contributed by atoms with van der Waals surface area (Å²) in [7, 11) is 0. The molecule has 0 aliphatic heterocycles. The van der Waals surface area contributed by atoms with Crippen LogP contribution < -0.4 is 5.32 Å². The summed E-state index contributed by atoms with van der Waals surface area (Å²) in [6.45, 7) is -0.394. The number of para-hydroxylation sites is 1. The van der Waals surface area contributed by atoms with Gasteiger partial charge in [-0.3, -0.25) is 14.4 Å². The second kappa shape index (κ2) is 9.62. The van der Waals surface area contributed by atoms with Crippen molar-refractivity contribution in [2.24, 2.45) is 0 Å². The van der Waals surface area contributed by atoms with Crippen LogP contribution in [0.3, 0.4) is 0 Å². The third-order valence-corrected chi connectivity index (χ3v) is 4.91. The number of ether oxygens (including phenoxy) is 1. The molecule has 1 N–H and O–H groups in total. The van der Waals surface area contributed by atoms with Crippen molar-refractivity contribution in [1.82, 2.24) is 0 Å². The lowest BCUT2D eigenvalue weighted by Gasteiger charge is -2.11. The molecule has 0 saturated carbocycles. The third kappa shape index (κ3) is 5.37. The maximum atomic E-state index is 12.2. The van der Waals surface area contributed by atoms with Crippen molar-refractivity contribution in [2.45, 2.75) is 12.8 Å². The summed E-state index contributed by atoms with van der Waals surface area (Å²) in [5, 5.41) is 4.58. The molecule has 0 unspecified atom stereocenters. The largest absolute Gasteiger partial charge is 0.456 e. The number of thiophene rings is 1. The lowest BCUT2D eigenvalue weighted by Crippen LogP contribution is -2.21. The first kappa shape index (κ1) is 19.5. The van der Waals surface area contributed by atoms with E-state index in [1.54, 1.807) is 18.2 Å². The van der Waals surface area contributed by atoms with Gasteiger partial charge in [0.15, 0.2) is 12.4 Å². The van der Waals surface area contributed by atoms with Crippen LogP contribution in [0.15, 0.2) is 72.1 Å². The van der Waals surface area contributed by atoms with Crippen LogP contribution in [0.2, 0.25) is 0 Å². The van der Waals surface area contributed by atoms with Gasteiger partial charge in [-0.15, -0.1) is 11.3 Å². The number of nitrogens with one attached hydrogen (secondary N) is 1. The monoisotopic (exact) mass is 393 g/mol. The average molecular weight is 393 g/mol. The average Bonchev–Trinajstić information content (AvgIpc) is 3.26. The number of benzene rings is 2. The van der Waals surface area contributed by atoms with Crippen molar-refractivity contribution in [3.8, 4) is 11.1 Å². The van der Waals surface area contributed by atoms with E-state index in [1.807, 2.05) is 53.9 Å². The summed E-state index contributed by atoms with van der Waals surface area (Å²) >= 11 is 1.34. The van der Waals surface area contributed by atoms with E-state index in [0.717, 1.165) is 11.1 Å². The van der Waals surface area contributed by atoms with Crippen molar-refractivity contribution in [3.63, 3.8) is 0 Å². The normalized spacial score (nSPS) is 10.3. The Morgan fingerprint density at radius 2 is 1.61 bits per heavy atom. The number of ketones is 1. The highest BCUT2D eigenvalue weighted by Gasteiger charge is 2.13. The highest BCUT2D eigenvalue weighted by molar-refractivity contribution is 7.12. The van der Waals surface area contributed by atoms with Crippen LogP contribution in [0, 0.1) is 0 Å². The molecule has 1 aromatic heterocycles. The number of rotatable bonds is 8. The van der Waals surface area contributed by atoms with E-state index in [4.69, 9.17) is 4.74 Å². The molecule has 0 spiro atoms. The van der Waals surface area contributed by atoms with E-state index in [1.165, 1.54) is 11.3 Å². The van der Waals surface area contributed by atoms with Crippen molar-refractivity contribution in [1.29, 1.82) is 0 Å². The molecule has 5 nitrogen and oxygen atoms in total. The van der Waals surface area contributed by atoms with Gasteiger partial charge in [-0.05, 0) is 23.1 Å². The van der Waals surface area contributed by atoms with Gasteiger partial charge in [0.1, 0.15) is 0 Å². The standard InChI is InChI=1S/C22H19NO4S/c24-19(20-11-6-14-28-20)12-13-22(26)27-15-21(25)23-18-10-5-4-9-17(18)16-7-2-1-3-8-16/h1-11,14H,12-13,15H2,(H,23,25). The first-order chi connectivity index (χ1) is 13.6. The topological polar surface area (TPSA) is 72.5 Å². The Balaban J connectivity index is 1.50. The lowest BCUT2D eigenvalue weighted by molar-refractivity contribution is -0.147. The van der Waals surface area contributed by atoms with Gasteiger partial charge in [0.2, 0.25) is 0 Å². The molecule has 0 bridgehead atoms. The van der Waals surface area contributed by atoms with Crippen LogP contribution >= 0.6 is 11.3 Å². The predicted octanol–water partition coefficient (Wildman–Crippen LogP) is 4.56. The van der Waals surface area contributed by atoms with Crippen LogP contribution in [0.4, 0.5) is 5.69 Å². The minimum atomic E-state index is -0.573. The Morgan fingerprint density at radius 3 is 2.36 bits per heavy atom. The number of anilines is 1. The molecule has 6 heteroatoms. The molecule has 28 heavy (non-hydrogen) atoms. The van der Waals surface area contributed by atoms with Gasteiger partial charge in [-0.25, -0.2) is 0 Å². The highest BCUT2D eigenvalue weighted by atomic mass is 32.1. The number of Topliss-reactive ketones (excluding diaryl/α,β-unsaturated/α-hetero) is 1. The molecule has 3 rings (SSSR count). The number of amides is 1. The minimum absolute atomic E-state index is 0.0510. The molecular weight excluding hydrogens is 374 g/mol. The summed E-state index contributed by atoms with van der Waals surface area (Å²) in [6, 6.07) is 20.6. The quantitative estimate of drug-likeness (QED) is 0.450. The fourth-order valence-corrected chi connectivity index (χ4v) is 3.34. The van der Waals surface area contributed by atoms with Crippen molar-refractivity contribution >= 4 is 34.7 Å². The smallest absolute Gasteiger partial charge is 0.306 e. The van der Waals surface area contributed by atoms with E-state index in [-0.39, 0.29) is 18.6 Å². The van der Waals surface area contributed by atoms with Gasteiger partial charge in [-0.2, -0.15) is 0 Å². The van der Waals surface area contributed by atoms with Gasteiger partial charge in [0.25, 0.3) is 5.91 Å². The van der Waals surface area contributed by atoms with Crippen LogP contribution in [0.5, 0.6) is 0 Å². The number of esters is 1. The minimum Gasteiger partial charge on any atom is -0.456 e. The van der Waals surface area contributed by atoms with Gasteiger partial charge >= 0.3 is 5.97 Å². The third-order valence-electron chi connectivity index (χ3n) is 4.00. The second-order valence-electron chi connectivity index (χ2n) is 6.02. The molecule has 3 aromatic rings. The molecule has 1 heterocycles. The predicted molar refractivity (Wildman–Crippen MR) is 109 cm³/mol. The SMILES string of the molecule is O=C(COC(=O)CCC(=O)c1cccs1)Nc1ccccc1-c1ccccc1. The first-order valence-corrected chi connectivity index (χ1v) is 9.68. The molecular formula is C22H19NO4S. The van der Waals surface area contributed by atoms with Gasteiger partial charge in [0, 0.05) is 17.7 Å². The van der Waals surface area contributed by atoms with Crippen LogP contribution in [0.1, 0.15) is 22.5 Å². The zero-order chi connectivity index (χ0) is 19.8. The molecule has 142 valence electrons. The zero-order valence-electron chi connectivity index (χ0n) is 15.1. The first-order valence-electron chi connectivity index (χ1n) is 8.80. The van der Waals surface area contributed by atoms with Crippen molar-refractivity contribution in [3.05, 3.63) is 77.0 Å². The van der Waals surface area contributed by atoms with Gasteiger partial charge in [-0.1, -0.05) is 54.6 Å². The number of carbonyl (C=O) groups excluding carboxylic acids is 3. The van der Waals surface area contributed by atoms with E-state index in [0.29, 0.717) is 10.6 Å². The Labute approximate surface area is 167 Å². The summed E-state index contributed by atoms with van der Waals surface area (Å²) < 4.78 is 4.99. The van der Waals surface area contributed by atoms with Crippen LogP contribution in [0.25, 0.3) is 11.1 Å². The second-order valence-corrected chi connectivity index (χ2v) is 6.97. The highest BCUT2D eigenvalue weighted by Crippen LogP contribution is 2.27. The maximum absolute atomic E-state index is 12.2. The number of hydrogen-bond donors (Lipinski definition) is 1. The van der Waals surface area contributed by atoms with E-state index in [9.17, 15) is 14.4 Å². The Hall–Kier alpha value is -3.25. The molecule has 0 atom stereocenters. The Bertz CT molecular complexity index is 952. The van der Waals surface area contributed by atoms with Gasteiger partial charge in [0.05, 0.1) is 11.3 Å². The summed E-state index contributed by atoms with van der Waals surface area (Å²) in [5.41, 5.74) is 2.49. The van der Waals surface area contributed by atoms with Gasteiger partial charge < -0.3 is 10.1 Å². The molecule has 0 aliphatic carbocycles. The van der Waals surface area contributed by atoms with E-state index < -0.39 is 18.5 Å². The Kier molecular flexibility index (Phi) is 6.70. The molecule has 0 saturated heterocycles. The molecule has 0 aliphatic rings. The number of hydrogen-bond acceptors (Lipinski definition) is 5. The van der Waals surface area contributed by atoms with Crippen molar-refractivity contribution in [2.75, 3.05) is 11.9 Å². The summed E-state index contributed by atoms with van der Waals surface area (Å²) in [4.78, 5) is 36.5. The van der Waals surface area contributed by atoms with Crippen LogP contribution in [-0.2, 0) is 14.3 Å². The molecule has 1 amide bonds. The molecule has 0 radical (unpaired) electrons. The van der Waals surface area contributed by atoms with E-state index >= 15 is 0 Å². The molecule has 2 aromatic carbocycles. The number of carbonyl (C=O) groups is 3. The fraction of sp³-hybridized carbons (Fsp3) is 0.136. The fourth-order valence-electron chi connectivity index (χ4n) is 2.64.